The molecule has 0 radical (unpaired) electrons. The number of fused-ring (bicyclic) bond motifs is 1. The van der Waals surface area contributed by atoms with Crippen molar-refractivity contribution in [2.24, 2.45) is 0 Å². The molecule has 7 nitrogen and oxygen atoms in total. The van der Waals surface area contributed by atoms with Gasteiger partial charge in [-0.05, 0) is 37.7 Å². The topological polar surface area (TPSA) is 62.8 Å². The lowest BCUT2D eigenvalue weighted by Gasteiger charge is -2.37. The van der Waals surface area contributed by atoms with Gasteiger partial charge in [0.2, 0.25) is 0 Å². The Kier molecular flexibility index (Phi) is 7.21. The second kappa shape index (κ2) is 10.5. The van der Waals surface area contributed by atoms with Gasteiger partial charge < -0.3 is 24.6 Å². The van der Waals surface area contributed by atoms with E-state index in [2.05, 4.69) is 37.2 Å². The van der Waals surface area contributed by atoms with E-state index in [4.69, 9.17) is 21.7 Å². The molecule has 1 fully saturated rings. The zero-order chi connectivity index (χ0) is 22.3. The summed E-state index contributed by atoms with van der Waals surface area (Å²) in [4.78, 5) is 13.6. The average Bonchev–Trinajstić information content (AvgIpc) is 2.83. The highest BCUT2D eigenvalue weighted by molar-refractivity contribution is 7.80. The summed E-state index contributed by atoms with van der Waals surface area (Å²) in [6.07, 6.45) is 1.62. The summed E-state index contributed by atoms with van der Waals surface area (Å²) < 4.78 is 11.6. The number of nitrogens with one attached hydrogen (secondary N) is 1. The maximum absolute atomic E-state index is 5.82. The SMILES string of the molecule is CCOc1cc2ncnc(N3CCN(C(=S)NCc4ccccc4)CC3)c2cc1OCC. The molecule has 3 aromatic rings. The molecule has 32 heavy (non-hydrogen) atoms. The third-order valence-corrected chi connectivity index (χ3v) is 5.83. The van der Waals surface area contributed by atoms with Gasteiger partial charge in [-0.1, -0.05) is 30.3 Å². The number of nitrogens with zero attached hydrogens (tertiary/aromatic N) is 4. The minimum atomic E-state index is 0.570. The highest BCUT2D eigenvalue weighted by Gasteiger charge is 2.22. The van der Waals surface area contributed by atoms with Crippen LogP contribution in [0, 0.1) is 0 Å². The van der Waals surface area contributed by atoms with Crippen molar-refractivity contribution < 1.29 is 9.47 Å². The Labute approximate surface area is 194 Å². The predicted molar refractivity (Wildman–Crippen MR) is 132 cm³/mol. The Hall–Kier alpha value is -3.13. The van der Waals surface area contributed by atoms with Crippen LogP contribution in [0.5, 0.6) is 11.5 Å². The van der Waals surface area contributed by atoms with Gasteiger partial charge in [0.05, 0.1) is 18.7 Å². The van der Waals surface area contributed by atoms with Crippen LogP contribution in [-0.4, -0.2) is 59.4 Å². The monoisotopic (exact) mass is 451 g/mol. The molecule has 0 bridgehead atoms. The first-order chi connectivity index (χ1) is 15.7. The van der Waals surface area contributed by atoms with Crippen molar-refractivity contribution in [3.05, 3.63) is 54.4 Å². The Balaban J connectivity index is 1.45. The van der Waals surface area contributed by atoms with Crippen molar-refractivity contribution in [1.82, 2.24) is 20.2 Å². The molecule has 1 saturated heterocycles. The van der Waals surface area contributed by atoms with Crippen LogP contribution in [-0.2, 0) is 6.54 Å². The molecule has 1 aromatic heterocycles. The quantitative estimate of drug-likeness (QED) is 0.547. The fourth-order valence-electron chi connectivity index (χ4n) is 3.85. The number of hydrogen-bond acceptors (Lipinski definition) is 6. The maximum Gasteiger partial charge on any atom is 0.169 e. The van der Waals surface area contributed by atoms with E-state index in [0.717, 1.165) is 60.3 Å². The van der Waals surface area contributed by atoms with Gasteiger partial charge in [-0.3, -0.25) is 0 Å². The van der Waals surface area contributed by atoms with Crippen LogP contribution in [0.4, 0.5) is 5.82 Å². The minimum Gasteiger partial charge on any atom is -0.490 e. The van der Waals surface area contributed by atoms with Gasteiger partial charge in [0.25, 0.3) is 0 Å². The molecular weight excluding hydrogens is 422 g/mol. The fraction of sp³-hybridized carbons (Fsp3) is 0.375. The summed E-state index contributed by atoms with van der Waals surface area (Å²) in [6.45, 7) is 9.14. The zero-order valence-corrected chi connectivity index (χ0v) is 19.4. The van der Waals surface area contributed by atoms with E-state index in [1.807, 2.05) is 44.2 Å². The van der Waals surface area contributed by atoms with E-state index in [0.29, 0.717) is 19.0 Å². The van der Waals surface area contributed by atoms with E-state index in [9.17, 15) is 0 Å². The van der Waals surface area contributed by atoms with Crippen molar-refractivity contribution in [2.75, 3.05) is 44.3 Å². The van der Waals surface area contributed by atoms with E-state index in [1.165, 1.54) is 5.56 Å². The standard InChI is InChI=1S/C24H29N5O2S/c1-3-30-21-14-19-20(15-22(21)31-4-2)26-17-27-23(19)28-10-12-29(13-11-28)24(32)25-16-18-8-6-5-7-9-18/h5-9,14-15,17H,3-4,10-13,16H2,1-2H3,(H,25,32). The van der Waals surface area contributed by atoms with Crippen LogP contribution in [0.1, 0.15) is 19.4 Å². The normalized spacial score (nSPS) is 13.8. The molecule has 4 rings (SSSR count). The maximum atomic E-state index is 5.82. The molecule has 0 atom stereocenters. The number of ether oxygens (including phenoxy) is 2. The molecule has 0 aliphatic carbocycles. The highest BCUT2D eigenvalue weighted by Crippen LogP contribution is 2.35. The van der Waals surface area contributed by atoms with Crippen LogP contribution < -0.4 is 19.7 Å². The number of hydrogen-bond donors (Lipinski definition) is 1. The lowest BCUT2D eigenvalue weighted by molar-refractivity contribution is 0.288. The second-order valence-electron chi connectivity index (χ2n) is 7.50. The third kappa shape index (κ3) is 5.02. The van der Waals surface area contributed by atoms with Gasteiger partial charge in [-0.15, -0.1) is 0 Å². The average molecular weight is 452 g/mol. The number of thiocarbonyl (C=S) groups is 1. The molecular formula is C24H29N5O2S. The summed E-state index contributed by atoms with van der Waals surface area (Å²) in [7, 11) is 0. The van der Waals surface area contributed by atoms with Gasteiger partial charge in [-0.25, -0.2) is 9.97 Å². The van der Waals surface area contributed by atoms with Gasteiger partial charge in [0, 0.05) is 44.2 Å². The lowest BCUT2D eigenvalue weighted by atomic mass is 10.2. The Morgan fingerprint density at radius 1 is 0.969 bits per heavy atom. The molecule has 168 valence electrons. The van der Waals surface area contributed by atoms with Crippen molar-refractivity contribution in [2.45, 2.75) is 20.4 Å². The van der Waals surface area contributed by atoms with E-state index in [-0.39, 0.29) is 0 Å². The van der Waals surface area contributed by atoms with Crippen molar-refractivity contribution in [3.63, 3.8) is 0 Å². The van der Waals surface area contributed by atoms with Gasteiger partial charge in [0.1, 0.15) is 12.1 Å². The molecule has 0 spiro atoms. The molecule has 2 heterocycles. The molecule has 0 unspecified atom stereocenters. The van der Waals surface area contributed by atoms with Crippen LogP contribution in [0.25, 0.3) is 10.9 Å². The first-order valence-electron chi connectivity index (χ1n) is 11.1. The zero-order valence-electron chi connectivity index (χ0n) is 18.6. The molecule has 1 aliphatic rings. The Morgan fingerprint density at radius 2 is 1.66 bits per heavy atom. The molecule has 8 heteroatoms. The van der Waals surface area contributed by atoms with Crippen LogP contribution >= 0.6 is 12.2 Å². The largest absolute Gasteiger partial charge is 0.490 e. The van der Waals surface area contributed by atoms with E-state index >= 15 is 0 Å². The number of piperazine rings is 1. The van der Waals surface area contributed by atoms with Crippen LogP contribution in [0.3, 0.4) is 0 Å². The van der Waals surface area contributed by atoms with Gasteiger partial charge >= 0.3 is 0 Å². The number of anilines is 1. The first-order valence-corrected chi connectivity index (χ1v) is 11.5. The highest BCUT2D eigenvalue weighted by atomic mass is 32.1. The third-order valence-electron chi connectivity index (χ3n) is 5.43. The number of aromatic nitrogens is 2. The predicted octanol–water partition coefficient (Wildman–Crippen LogP) is 3.62. The minimum absolute atomic E-state index is 0.570. The van der Waals surface area contributed by atoms with Gasteiger partial charge in [-0.2, -0.15) is 0 Å². The summed E-state index contributed by atoms with van der Waals surface area (Å²) in [5, 5.41) is 5.14. The summed E-state index contributed by atoms with van der Waals surface area (Å²) in [5.41, 5.74) is 2.07. The van der Waals surface area contributed by atoms with Crippen LogP contribution in [0.15, 0.2) is 48.8 Å². The van der Waals surface area contributed by atoms with Gasteiger partial charge in [0.15, 0.2) is 16.6 Å². The van der Waals surface area contributed by atoms with Crippen molar-refractivity contribution in [1.29, 1.82) is 0 Å². The molecule has 1 aliphatic heterocycles. The van der Waals surface area contributed by atoms with E-state index < -0.39 is 0 Å². The summed E-state index contributed by atoms with van der Waals surface area (Å²) >= 11 is 5.63. The second-order valence-corrected chi connectivity index (χ2v) is 7.88. The first kappa shape index (κ1) is 22.1. The lowest BCUT2D eigenvalue weighted by Crippen LogP contribution is -2.51. The number of benzene rings is 2. The van der Waals surface area contributed by atoms with E-state index in [1.54, 1.807) is 6.33 Å². The Bertz CT molecular complexity index is 1050. The Morgan fingerprint density at radius 3 is 2.34 bits per heavy atom. The molecule has 0 saturated carbocycles. The molecule has 1 N–H and O–H groups in total. The van der Waals surface area contributed by atoms with Crippen LogP contribution in [0.2, 0.25) is 0 Å². The number of rotatable bonds is 7. The summed E-state index contributed by atoms with van der Waals surface area (Å²) in [6, 6.07) is 14.2. The summed E-state index contributed by atoms with van der Waals surface area (Å²) in [5.74, 6) is 2.36. The molecule has 0 amide bonds. The smallest absolute Gasteiger partial charge is 0.169 e. The van der Waals surface area contributed by atoms with Crippen molar-refractivity contribution in [3.8, 4) is 11.5 Å². The molecule has 2 aromatic carbocycles. The van der Waals surface area contributed by atoms with Crippen molar-refractivity contribution >= 4 is 34.1 Å². The fourth-order valence-corrected chi connectivity index (χ4v) is 4.10.